The van der Waals surface area contributed by atoms with Gasteiger partial charge in [0.2, 0.25) is 5.91 Å². The first kappa shape index (κ1) is 21.0. The molecule has 0 radical (unpaired) electrons. The normalized spacial score (nSPS) is 16.6. The second kappa shape index (κ2) is 10.8. The molecule has 0 saturated carbocycles. The van der Waals surface area contributed by atoms with Crippen LogP contribution in [0.25, 0.3) is 0 Å². The van der Waals surface area contributed by atoms with Crippen LogP contribution in [0.4, 0.5) is 5.69 Å². The maximum absolute atomic E-state index is 12.3. The number of ether oxygens (including phenoxy) is 1. The third-order valence-electron chi connectivity index (χ3n) is 5.30. The minimum atomic E-state index is -0.125. The number of rotatable bonds is 9. The lowest BCUT2D eigenvalue weighted by molar-refractivity contribution is -0.122. The van der Waals surface area contributed by atoms with Gasteiger partial charge in [-0.3, -0.25) is 9.59 Å². The number of benzene rings is 1. The molecule has 1 aromatic carbocycles. The zero-order valence-corrected chi connectivity index (χ0v) is 17.0. The molecule has 1 saturated heterocycles. The lowest BCUT2D eigenvalue weighted by atomic mass is 9.94. The van der Waals surface area contributed by atoms with Gasteiger partial charge in [-0.05, 0) is 30.7 Å². The number of hydrogen-bond donors (Lipinski definition) is 1. The monoisotopic (exact) mass is 398 g/mol. The average molecular weight is 399 g/mol. The fraction of sp³-hybridized carbons (Fsp3) is 0.500. The van der Waals surface area contributed by atoms with Crippen LogP contribution < -0.4 is 15.8 Å². The average Bonchev–Trinajstić information content (AvgIpc) is 2.74. The van der Waals surface area contributed by atoms with E-state index in [2.05, 4.69) is 27.4 Å². The molecule has 0 bridgehead atoms. The van der Waals surface area contributed by atoms with E-state index in [4.69, 9.17) is 4.74 Å². The van der Waals surface area contributed by atoms with E-state index < -0.39 is 0 Å². The molecule has 1 amide bonds. The van der Waals surface area contributed by atoms with Crippen molar-refractivity contribution in [3.63, 3.8) is 0 Å². The zero-order valence-electron chi connectivity index (χ0n) is 17.0. The summed E-state index contributed by atoms with van der Waals surface area (Å²) in [7, 11) is 1.60. The van der Waals surface area contributed by atoms with Gasteiger partial charge < -0.3 is 15.0 Å². The van der Waals surface area contributed by atoms with Gasteiger partial charge in [0, 0.05) is 39.2 Å². The third kappa shape index (κ3) is 6.42. The van der Waals surface area contributed by atoms with Crippen molar-refractivity contribution < 1.29 is 9.53 Å². The van der Waals surface area contributed by atoms with Crippen molar-refractivity contribution in [1.82, 2.24) is 15.1 Å². The van der Waals surface area contributed by atoms with Gasteiger partial charge in [0.25, 0.3) is 5.56 Å². The molecule has 1 atom stereocenters. The molecule has 1 aromatic heterocycles. The Morgan fingerprint density at radius 2 is 2.14 bits per heavy atom. The van der Waals surface area contributed by atoms with Crippen molar-refractivity contribution in [2.75, 3.05) is 38.3 Å². The number of amides is 1. The Kier molecular flexibility index (Phi) is 7.81. The number of piperidine rings is 1. The summed E-state index contributed by atoms with van der Waals surface area (Å²) in [6, 6.07) is 11.8. The topological polar surface area (TPSA) is 76.5 Å². The molecule has 2 heterocycles. The van der Waals surface area contributed by atoms with Gasteiger partial charge in [0.1, 0.15) is 0 Å². The van der Waals surface area contributed by atoms with Crippen LogP contribution in [0, 0.1) is 5.92 Å². The van der Waals surface area contributed by atoms with Crippen LogP contribution in [0.3, 0.4) is 0 Å². The van der Waals surface area contributed by atoms with Crippen LogP contribution in [0.15, 0.2) is 47.4 Å². The number of anilines is 1. The van der Waals surface area contributed by atoms with E-state index in [9.17, 15) is 9.59 Å². The first-order valence-electron chi connectivity index (χ1n) is 10.3. The van der Waals surface area contributed by atoms with E-state index >= 15 is 0 Å². The minimum absolute atomic E-state index is 0.0980. The number of nitrogens with zero attached hydrogens (tertiary/aromatic N) is 3. The van der Waals surface area contributed by atoms with Gasteiger partial charge >= 0.3 is 0 Å². The Morgan fingerprint density at radius 3 is 2.90 bits per heavy atom. The van der Waals surface area contributed by atoms with Crippen molar-refractivity contribution in [1.29, 1.82) is 0 Å². The summed E-state index contributed by atoms with van der Waals surface area (Å²) >= 11 is 0. The molecule has 1 aliphatic heterocycles. The Bertz CT molecular complexity index is 837. The molecule has 3 rings (SSSR count). The summed E-state index contributed by atoms with van der Waals surface area (Å²) in [4.78, 5) is 26.7. The van der Waals surface area contributed by atoms with Crippen molar-refractivity contribution in [2.45, 2.75) is 32.2 Å². The number of carbonyl (C=O) groups excluding carboxylic acids is 1. The molecule has 156 valence electrons. The first-order chi connectivity index (χ1) is 14.2. The molecule has 7 heteroatoms. The molecule has 0 spiro atoms. The minimum Gasteiger partial charge on any atom is -0.383 e. The maximum atomic E-state index is 12.3. The molecule has 1 unspecified atom stereocenters. The number of nitrogens with one attached hydrogen (secondary N) is 1. The van der Waals surface area contributed by atoms with E-state index in [-0.39, 0.29) is 17.4 Å². The summed E-state index contributed by atoms with van der Waals surface area (Å²) in [6.45, 7) is 3.21. The van der Waals surface area contributed by atoms with Crippen LogP contribution in [0.2, 0.25) is 0 Å². The Hall–Kier alpha value is -2.67. The highest BCUT2D eigenvalue weighted by atomic mass is 16.5. The van der Waals surface area contributed by atoms with Crippen molar-refractivity contribution in [3.05, 3.63) is 58.5 Å². The molecule has 2 aromatic rings. The van der Waals surface area contributed by atoms with Crippen LogP contribution in [-0.4, -0.2) is 49.0 Å². The molecule has 1 N–H and O–H groups in total. The molecular formula is C22H30N4O3. The highest BCUT2D eigenvalue weighted by Crippen LogP contribution is 2.23. The number of carbonyl (C=O) groups is 1. The largest absolute Gasteiger partial charge is 0.383 e. The molecule has 0 aliphatic carbocycles. The van der Waals surface area contributed by atoms with Crippen LogP contribution in [-0.2, 0) is 22.5 Å². The highest BCUT2D eigenvalue weighted by Gasteiger charge is 2.23. The van der Waals surface area contributed by atoms with Gasteiger partial charge in [-0.25, -0.2) is 4.68 Å². The predicted octanol–water partition coefficient (Wildman–Crippen LogP) is 1.86. The van der Waals surface area contributed by atoms with E-state index in [0.717, 1.165) is 38.0 Å². The molecular weight excluding hydrogens is 368 g/mol. The SMILES string of the molecule is COCCn1ncc(N2CCCC(CC(=O)NCCc3ccccc3)C2)cc1=O. The summed E-state index contributed by atoms with van der Waals surface area (Å²) < 4.78 is 6.41. The van der Waals surface area contributed by atoms with Crippen molar-refractivity contribution in [3.8, 4) is 0 Å². The molecule has 1 aliphatic rings. The summed E-state index contributed by atoms with van der Waals surface area (Å²) in [5.74, 6) is 0.386. The number of methoxy groups -OCH3 is 1. The van der Waals surface area contributed by atoms with Crippen LogP contribution in [0.1, 0.15) is 24.8 Å². The van der Waals surface area contributed by atoms with Gasteiger partial charge in [0.05, 0.1) is 25.0 Å². The molecule has 7 nitrogen and oxygen atoms in total. The Morgan fingerprint density at radius 1 is 1.31 bits per heavy atom. The fourth-order valence-corrected chi connectivity index (χ4v) is 3.73. The van der Waals surface area contributed by atoms with Gasteiger partial charge in [-0.1, -0.05) is 30.3 Å². The first-order valence-corrected chi connectivity index (χ1v) is 10.3. The lowest BCUT2D eigenvalue weighted by Gasteiger charge is -2.34. The van der Waals surface area contributed by atoms with Crippen molar-refractivity contribution in [2.24, 2.45) is 5.92 Å². The predicted molar refractivity (Wildman–Crippen MR) is 113 cm³/mol. The van der Waals surface area contributed by atoms with Gasteiger partial charge in [-0.15, -0.1) is 0 Å². The Balaban J connectivity index is 1.48. The zero-order chi connectivity index (χ0) is 20.5. The van der Waals surface area contributed by atoms with Crippen molar-refractivity contribution >= 4 is 11.6 Å². The quantitative estimate of drug-likeness (QED) is 0.698. The summed E-state index contributed by atoms with van der Waals surface area (Å²) in [6.07, 6.45) is 5.13. The smallest absolute Gasteiger partial charge is 0.268 e. The van der Waals surface area contributed by atoms with Crippen LogP contribution in [0.5, 0.6) is 0 Å². The van der Waals surface area contributed by atoms with E-state index in [0.29, 0.717) is 26.1 Å². The van der Waals surface area contributed by atoms with E-state index in [1.807, 2.05) is 18.2 Å². The third-order valence-corrected chi connectivity index (χ3v) is 5.30. The maximum Gasteiger partial charge on any atom is 0.268 e. The number of hydrogen-bond acceptors (Lipinski definition) is 5. The molecule has 29 heavy (non-hydrogen) atoms. The van der Waals surface area contributed by atoms with Crippen LogP contribution >= 0.6 is 0 Å². The van der Waals surface area contributed by atoms with E-state index in [1.165, 1.54) is 10.2 Å². The summed E-state index contributed by atoms with van der Waals surface area (Å²) in [5.41, 5.74) is 1.93. The van der Waals surface area contributed by atoms with Gasteiger partial charge in [-0.2, -0.15) is 5.10 Å². The fourth-order valence-electron chi connectivity index (χ4n) is 3.73. The molecule has 1 fully saturated rings. The van der Waals surface area contributed by atoms with E-state index in [1.54, 1.807) is 19.4 Å². The highest BCUT2D eigenvalue weighted by molar-refractivity contribution is 5.76. The van der Waals surface area contributed by atoms with Gasteiger partial charge in [0.15, 0.2) is 0 Å². The summed E-state index contributed by atoms with van der Waals surface area (Å²) in [5, 5.41) is 7.28. The second-order valence-corrected chi connectivity index (χ2v) is 7.51. The number of aromatic nitrogens is 2. The second-order valence-electron chi connectivity index (χ2n) is 7.51. The lowest BCUT2D eigenvalue weighted by Crippen LogP contribution is -2.39. The Labute approximate surface area is 171 Å². The standard InChI is InChI=1S/C22H30N4O3/c1-29-13-12-26-22(28)15-20(16-24-26)25-11-5-8-19(17-25)14-21(27)23-10-9-18-6-3-2-4-7-18/h2-4,6-7,15-16,19H,5,8-14,17H2,1H3,(H,23,27).